The van der Waals surface area contributed by atoms with Gasteiger partial charge in [0.2, 0.25) is 11.8 Å². The van der Waals surface area contributed by atoms with Crippen molar-refractivity contribution in [3.05, 3.63) is 82.1 Å². The lowest BCUT2D eigenvalue weighted by Crippen LogP contribution is -2.53. The maximum atomic E-state index is 14.2. The number of benzene rings is 3. The highest BCUT2D eigenvalue weighted by molar-refractivity contribution is 7.92. The Labute approximate surface area is 267 Å². The van der Waals surface area contributed by atoms with Crippen molar-refractivity contribution in [2.45, 2.75) is 57.1 Å². The number of nitrogens with one attached hydrogen (secondary N) is 1. The summed E-state index contributed by atoms with van der Waals surface area (Å²) in [6.07, 6.45) is 0.916. The van der Waals surface area contributed by atoms with E-state index < -0.39 is 34.3 Å². The van der Waals surface area contributed by atoms with Gasteiger partial charge in [-0.15, -0.1) is 0 Å². The zero-order valence-corrected chi connectivity index (χ0v) is 27.5. The smallest absolute Gasteiger partial charge is 0.264 e. The molecule has 0 aliphatic carbocycles. The van der Waals surface area contributed by atoms with Crippen LogP contribution in [0.15, 0.2) is 65.6 Å². The number of sulfonamides is 1. The maximum Gasteiger partial charge on any atom is 0.264 e. The van der Waals surface area contributed by atoms with Gasteiger partial charge in [-0.2, -0.15) is 0 Å². The van der Waals surface area contributed by atoms with Crippen molar-refractivity contribution in [1.82, 2.24) is 10.2 Å². The number of hydrogen-bond acceptors (Lipinski definition) is 6. The minimum Gasteiger partial charge on any atom is -0.493 e. The number of methoxy groups -OCH3 is 2. The lowest BCUT2D eigenvalue weighted by molar-refractivity contribution is -0.140. The fourth-order valence-electron chi connectivity index (χ4n) is 4.44. The Morgan fingerprint density at radius 2 is 1.57 bits per heavy atom. The van der Waals surface area contributed by atoms with Crippen molar-refractivity contribution in [3.63, 3.8) is 0 Å². The minimum atomic E-state index is -4.43. The predicted octanol–water partition coefficient (Wildman–Crippen LogP) is 6.07. The molecule has 3 aromatic rings. The second-order valence-corrected chi connectivity index (χ2v) is 12.7. The molecule has 9 nitrogen and oxygen atoms in total. The molecule has 0 bridgehead atoms. The third kappa shape index (κ3) is 8.34. The fourth-order valence-corrected chi connectivity index (χ4v) is 6.19. The molecule has 0 aliphatic rings. The third-order valence-electron chi connectivity index (χ3n) is 7.06. The molecule has 3 aromatic carbocycles. The Hall–Kier alpha value is -3.54. The Kier molecular flexibility index (Phi) is 12.3. The van der Waals surface area contributed by atoms with Crippen LogP contribution in [-0.4, -0.2) is 58.0 Å². The van der Waals surface area contributed by atoms with E-state index in [1.54, 1.807) is 25.1 Å². The van der Waals surface area contributed by atoms with Gasteiger partial charge >= 0.3 is 0 Å². The van der Waals surface area contributed by atoms with E-state index in [9.17, 15) is 22.4 Å². The standard InChI is InChI=1S/C31H36Cl2FN3O6S/c1-6-20(3)35-31(39)27(7-2)36(18-21-8-14-25(32)26(33)16-21)30(38)19-37(23-11-9-22(34)10-12-23)44(40,41)24-13-15-28(42-4)29(17-24)43-5/h8-17,20,27H,6-7,18-19H2,1-5H3,(H,35,39). The molecule has 0 saturated heterocycles. The van der Waals surface area contributed by atoms with Crippen molar-refractivity contribution in [2.24, 2.45) is 0 Å². The SMILES string of the molecule is CCC(C)NC(=O)C(CC)N(Cc1ccc(Cl)c(Cl)c1)C(=O)CN(c1ccc(F)cc1)S(=O)(=O)c1ccc(OC)c(OC)c1. The summed E-state index contributed by atoms with van der Waals surface area (Å²) in [4.78, 5) is 28.7. The normalized spacial score (nSPS) is 12.6. The molecular weight excluding hydrogens is 632 g/mol. The van der Waals surface area contributed by atoms with Crippen LogP contribution in [0.2, 0.25) is 10.0 Å². The summed E-state index contributed by atoms with van der Waals surface area (Å²) in [6, 6.07) is 12.5. The largest absolute Gasteiger partial charge is 0.493 e. The maximum absolute atomic E-state index is 14.2. The van der Waals surface area contributed by atoms with E-state index in [1.807, 2.05) is 13.8 Å². The molecule has 44 heavy (non-hydrogen) atoms. The molecular formula is C31H36Cl2FN3O6S. The number of anilines is 1. The molecule has 0 aliphatic heterocycles. The van der Waals surface area contributed by atoms with Gasteiger partial charge in [0.05, 0.1) is 34.8 Å². The van der Waals surface area contributed by atoms with E-state index in [4.69, 9.17) is 32.7 Å². The average Bonchev–Trinajstić information content (AvgIpc) is 3.01. The van der Waals surface area contributed by atoms with Crippen LogP contribution >= 0.6 is 23.2 Å². The Morgan fingerprint density at radius 3 is 2.14 bits per heavy atom. The predicted molar refractivity (Wildman–Crippen MR) is 169 cm³/mol. The first kappa shape index (κ1) is 34.9. The topological polar surface area (TPSA) is 105 Å². The summed E-state index contributed by atoms with van der Waals surface area (Å²) < 4.78 is 53.5. The lowest BCUT2D eigenvalue weighted by Gasteiger charge is -2.33. The molecule has 3 rings (SSSR count). The van der Waals surface area contributed by atoms with Crippen LogP contribution in [0.1, 0.15) is 39.2 Å². The number of nitrogens with zero attached hydrogens (tertiary/aromatic N) is 2. The van der Waals surface area contributed by atoms with E-state index in [1.165, 1.54) is 49.5 Å². The molecule has 238 valence electrons. The third-order valence-corrected chi connectivity index (χ3v) is 9.57. The van der Waals surface area contributed by atoms with E-state index in [0.717, 1.165) is 16.4 Å². The van der Waals surface area contributed by atoms with Crippen LogP contribution in [0.3, 0.4) is 0 Å². The highest BCUT2D eigenvalue weighted by Gasteiger charge is 2.34. The number of ether oxygens (including phenoxy) is 2. The minimum absolute atomic E-state index is 0.0427. The number of amides is 2. The Morgan fingerprint density at radius 1 is 0.909 bits per heavy atom. The van der Waals surface area contributed by atoms with Crippen LogP contribution in [0, 0.1) is 5.82 Å². The molecule has 0 aromatic heterocycles. The highest BCUT2D eigenvalue weighted by Crippen LogP contribution is 2.33. The molecule has 0 saturated carbocycles. The van der Waals surface area contributed by atoms with Crippen molar-refractivity contribution in [2.75, 3.05) is 25.1 Å². The lowest BCUT2D eigenvalue weighted by atomic mass is 10.1. The van der Waals surface area contributed by atoms with E-state index in [2.05, 4.69) is 5.32 Å². The summed E-state index contributed by atoms with van der Waals surface area (Å²) in [5.74, 6) is -1.17. The summed E-state index contributed by atoms with van der Waals surface area (Å²) >= 11 is 12.3. The Balaban J connectivity index is 2.11. The van der Waals surface area contributed by atoms with E-state index in [0.29, 0.717) is 22.8 Å². The van der Waals surface area contributed by atoms with Gasteiger partial charge in [-0.25, -0.2) is 12.8 Å². The summed E-state index contributed by atoms with van der Waals surface area (Å²) in [6.45, 7) is 4.77. The first-order valence-corrected chi connectivity index (χ1v) is 16.1. The van der Waals surface area contributed by atoms with Gasteiger partial charge in [-0.05, 0) is 73.9 Å². The number of carbonyl (C=O) groups is 2. The van der Waals surface area contributed by atoms with Gasteiger partial charge in [0.1, 0.15) is 18.4 Å². The molecule has 1 N–H and O–H groups in total. The summed E-state index contributed by atoms with van der Waals surface area (Å²) in [5, 5.41) is 3.49. The van der Waals surface area contributed by atoms with Gasteiger partial charge in [0, 0.05) is 18.7 Å². The van der Waals surface area contributed by atoms with E-state index in [-0.39, 0.29) is 46.3 Å². The van der Waals surface area contributed by atoms with Gasteiger partial charge in [-0.1, -0.05) is 43.1 Å². The molecule has 0 radical (unpaired) electrons. The zero-order chi connectivity index (χ0) is 32.6. The first-order valence-electron chi connectivity index (χ1n) is 13.9. The second-order valence-electron chi connectivity index (χ2n) is 10.0. The molecule has 2 amide bonds. The molecule has 0 fully saturated rings. The number of rotatable bonds is 14. The average molecular weight is 669 g/mol. The number of hydrogen-bond donors (Lipinski definition) is 1. The van der Waals surface area contributed by atoms with Crippen molar-refractivity contribution < 1.29 is 31.9 Å². The fraction of sp³-hybridized carbons (Fsp3) is 0.355. The molecule has 0 spiro atoms. The Bertz CT molecular complexity index is 1570. The second kappa shape index (κ2) is 15.5. The number of halogens is 3. The number of carbonyl (C=O) groups excluding carboxylic acids is 2. The van der Waals surface area contributed by atoms with Gasteiger partial charge in [0.25, 0.3) is 10.0 Å². The van der Waals surface area contributed by atoms with Crippen LogP contribution in [0.4, 0.5) is 10.1 Å². The van der Waals surface area contributed by atoms with Gasteiger partial charge in [0.15, 0.2) is 11.5 Å². The quantitative estimate of drug-likeness (QED) is 0.224. The van der Waals surface area contributed by atoms with Crippen LogP contribution < -0.4 is 19.1 Å². The van der Waals surface area contributed by atoms with Gasteiger partial charge < -0.3 is 19.7 Å². The van der Waals surface area contributed by atoms with Crippen LogP contribution in [0.5, 0.6) is 11.5 Å². The first-order chi connectivity index (χ1) is 20.9. The molecule has 13 heteroatoms. The van der Waals surface area contributed by atoms with Crippen LogP contribution in [-0.2, 0) is 26.2 Å². The molecule has 2 atom stereocenters. The van der Waals surface area contributed by atoms with Gasteiger partial charge in [-0.3, -0.25) is 13.9 Å². The van der Waals surface area contributed by atoms with Crippen molar-refractivity contribution >= 4 is 50.7 Å². The molecule has 0 heterocycles. The zero-order valence-electron chi connectivity index (χ0n) is 25.1. The van der Waals surface area contributed by atoms with Crippen molar-refractivity contribution in [3.8, 4) is 11.5 Å². The van der Waals surface area contributed by atoms with Crippen LogP contribution in [0.25, 0.3) is 0 Å². The van der Waals surface area contributed by atoms with E-state index >= 15 is 0 Å². The van der Waals surface area contributed by atoms with Crippen molar-refractivity contribution in [1.29, 1.82) is 0 Å². The summed E-state index contributed by atoms with van der Waals surface area (Å²) in [5.41, 5.74) is 0.625. The molecule has 2 unspecified atom stereocenters. The highest BCUT2D eigenvalue weighted by atomic mass is 35.5. The monoisotopic (exact) mass is 667 g/mol. The summed E-state index contributed by atoms with van der Waals surface area (Å²) in [7, 11) is -1.64.